The number of rotatable bonds is 2. The molecule has 6 heteroatoms. The van der Waals surface area contributed by atoms with Gasteiger partial charge in [-0.1, -0.05) is 12.1 Å². The molecule has 2 aromatic rings. The molecule has 0 aliphatic rings. The van der Waals surface area contributed by atoms with Gasteiger partial charge in [-0.25, -0.2) is 0 Å². The highest BCUT2D eigenvalue weighted by atomic mass is 19.4. The minimum atomic E-state index is -4.71. The fraction of sp³-hybridized carbons (Fsp3) is 0.0833. The molecule has 18 heavy (non-hydrogen) atoms. The van der Waals surface area contributed by atoms with E-state index in [0.717, 1.165) is 0 Å². The van der Waals surface area contributed by atoms with Crippen molar-refractivity contribution >= 4 is 5.69 Å². The van der Waals surface area contributed by atoms with Crippen molar-refractivity contribution in [2.24, 2.45) is 0 Å². The number of nitrogen functional groups attached to an aromatic ring is 1. The molecule has 0 saturated carbocycles. The van der Waals surface area contributed by atoms with E-state index in [1.54, 1.807) is 18.2 Å². The molecule has 0 aliphatic carbocycles. The van der Waals surface area contributed by atoms with Crippen LogP contribution in [0.3, 0.4) is 0 Å². The fourth-order valence-electron chi connectivity index (χ4n) is 1.46. The van der Waals surface area contributed by atoms with Crippen LogP contribution < -0.4 is 10.5 Å². The number of hydrogen-bond acceptors (Lipinski definition) is 3. The van der Waals surface area contributed by atoms with E-state index in [2.05, 4.69) is 9.72 Å². The van der Waals surface area contributed by atoms with E-state index >= 15 is 0 Å². The maximum Gasteiger partial charge on any atom is 0.573 e. The second kappa shape index (κ2) is 4.56. The van der Waals surface area contributed by atoms with Crippen molar-refractivity contribution in [2.45, 2.75) is 6.36 Å². The molecule has 0 fully saturated rings. The molecule has 0 bridgehead atoms. The first kappa shape index (κ1) is 12.2. The second-order valence-corrected chi connectivity index (χ2v) is 3.55. The van der Waals surface area contributed by atoms with Crippen molar-refractivity contribution < 1.29 is 17.9 Å². The van der Waals surface area contributed by atoms with Gasteiger partial charge in [-0.15, -0.1) is 13.2 Å². The molecule has 1 aromatic heterocycles. The second-order valence-electron chi connectivity index (χ2n) is 3.55. The largest absolute Gasteiger partial charge is 0.573 e. The van der Waals surface area contributed by atoms with Crippen molar-refractivity contribution in [3.63, 3.8) is 0 Å². The molecule has 0 spiro atoms. The van der Waals surface area contributed by atoms with Crippen LogP contribution in [0.25, 0.3) is 11.3 Å². The van der Waals surface area contributed by atoms with Crippen LogP contribution in [0, 0.1) is 0 Å². The highest BCUT2D eigenvalue weighted by molar-refractivity contribution is 5.64. The molecular weight excluding hydrogens is 245 g/mol. The van der Waals surface area contributed by atoms with Crippen LogP contribution in [0.15, 0.2) is 42.6 Å². The van der Waals surface area contributed by atoms with Gasteiger partial charge in [0.1, 0.15) is 5.75 Å². The Kier molecular flexibility index (Phi) is 3.10. The number of benzene rings is 1. The maximum absolute atomic E-state index is 12.1. The predicted molar refractivity (Wildman–Crippen MR) is 60.8 cm³/mol. The van der Waals surface area contributed by atoms with Crippen LogP contribution in [-0.4, -0.2) is 11.3 Å². The SMILES string of the molecule is Nc1ccnc(-c2cccc(OC(F)(F)F)c2)c1. The molecule has 0 aliphatic heterocycles. The zero-order valence-electron chi connectivity index (χ0n) is 9.11. The summed E-state index contributed by atoms with van der Waals surface area (Å²) in [5.74, 6) is -0.288. The summed E-state index contributed by atoms with van der Waals surface area (Å²) in [5.41, 5.74) is 7.06. The van der Waals surface area contributed by atoms with Crippen LogP contribution in [-0.2, 0) is 0 Å². The van der Waals surface area contributed by atoms with Crippen LogP contribution in [0.1, 0.15) is 0 Å². The number of aromatic nitrogens is 1. The van der Waals surface area contributed by atoms with Crippen molar-refractivity contribution in [3.05, 3.63) is 42.6 Å². The quantitative estimate of drug-likeness (QED) is 0.895. The maximum atomic E-state index is 12.1. The molecule has 94 valence electrons. The third-order valence-corrected chi connectivity index (χ3v) is 2.15. The van der Waals surface area contributed by atoms with Crippen molar-refractivity contribution in [2.75, 3.05) is 5.73 Å². The van der Waals surface area contributed by atoms with E-state index in [1.165, 1.54) is 24.4 Å². The molecule has 3 nitrogen and oxygen atoms in total. The number of nitrogens with zero attached hydrogens (tertiary/aromatic N) is 1. The minimum Gasteiger partial charge on any atom is -0.406 e. The van der Waals surface area contributed by atoms with E-state index in [-0.39, 0.29) is 5.75 Å². The average Bonchev–Trinajstić information content (AvgIpc) is 2.27. The molecule has 0 unspecified atom stereocenters. The molecule has 0 atom stereocenters. The third kappa shape index (κ3) is 3.13. The lowest BCUT2D eigenvalue weighted by atomic mass is 10.1. The van der Waals surface area contributed by atoms with Crippen LogP contribution in [0.5, 0.6) is 5.75 Å². The first-order valence-electron chi connectivity index (χ1n) is 5.02. The number of pyridine rings is 1. The number of hydrogen-bond donors (Lipinski definition) is 1. The summed E-state index contributed by atoms with van der Waals surface area (Å²) in [5, 5.41) is 0. The lowest BCUT2D eigenvalue weighted by Crippen LogP contribution is -2.17. The van der Waals surface area contributed by atoms with Gasteiger partial charge < -0.3 is 10.5 Å². The summed E-state index contributed by atoms with van der Waals surface area (Å²) in [7, 11) is 0. The van der Waals surface area contributed by atoms with Gasteiger partial charge in [0.15, 0.2) is 0 Å². The first-order valence-corrected chi connectivity index (χ1v) is 5.02. The summed E-state index contributed by atoms with van der Waals surface area (Å²) >= 11 is 0. The zero-order valence-corrected chi connectivity index (χ0v) is 9.11. The molecule has 2 N–H and O–H groups in total. The lowest BCUT2D eigenvalue weighted by molar-refractivity contribution is -0.274. The Morgan fingerprint density at radius 2 is 1.89 bits per heavy atom. The van der Waals surface area contributed by atoms with E-state index in [4.69, 9.17) is 5.73 Å². The van der Waals surface area contributed by atoms with Gasteiger partial charge in [-0.2, -0.15) is 0 Å². The number of alkyl halides is 3. The van der Waals surface area contributed by atoms with E-state index in [0.29, 0.717) is 16.9 Å². The van der Waals surface area contributed by atoms with Crippen molar-refractivity contribution in [1.82, 2.24) is 4.98 Å². The summed E-state index contributed by atoms with van der Waals surface area (Å²) in [6.45, 7) is 0. The van der Waals surface area contributed by atoms with E-state index < -0.39 is 6.36 Å². The minimum absolute atomic E-state index is 0.288. The predicted octanol–water partition coefficient (Wildman–Crippen LogP) is 3.23. The van der Waals surface area contributed by atoms with Gasteiger partial charge in [-0.3, -0.25) is 4.98 Å². The van der Waals surface area contributed by atoms with Crippen molar-refractivity contribution in [3.8, 4) is 17.0 Å². The number of halogens is 3. The highest BCUT2D eigenvalue weighted by Gasteiger charge is 2.31. The first-order chi connectivity index (χ1) is 8.44. The fourth-order valence-corrected chi connectivity index (χ4v) is 1.46. The molecule has 0 amide bonds. The highest BCUT2D eigenvalue weighted by Crippen LogP contribution is 2.27. The Morgan fingerprint density at radius 3 is 2.56 bits per heavy atom. The summed E-state index contributed by atoms with van der Waals surface area (Å²) < 4.78 is 40.1. The van der Waals surface area contributed by atoms with E-state index in [1.807, 2.05) is 0 Å². The van der Waals surface area contributed by atoms with Crippen molar-refractivity contribution in [1.29, 1.82) is 0 Å². The normalized spacial score (nSPS) is 11.3. The smallest absolute Gasteiger partial charge is 0.406 e. The summed E-state index contributed by atoms with van der Waals surface area (Å²) in [6.07, 6.45) is -3.22. The number of ether oxygens (including phenoxy) is 1. The standard InChI is InChI=1S/C12H9F3N2O/c13-12(14,15)18-10-3-1-2-8(6-10)11-7-9(16)4-5-17-11/h1-7H,(H2,16,17). The molecule has 1 aromatic carbocycles. The van der Waals surface area contributed by atoms with Gasteiger partial charge in [-0.05, 0) is 24.3 Å². The monoisotopic (exact) mass is 254 g/mol. The molecule has 0 saturated heterocycles. The van der Waals surface area contributed by atoms with E-state index in [9.17, 15) is 13.2 Å². The van der Waals surface area contributed by atoms with Crippen LogP contribution in [0.4, 0.5) is 18.9 Å². The Balaban J connectivity index is 2.33. The number of anilines is 1. The van der Waals surface area contributed by atoms with Gasteiger partial charge in [0.25, 0.3) is 0 Å². The Hall–Kier alpha value is -2.24. The average molecular weight is 254 g/mol. The number of nitrogens with two attached hydrogens (primary N) is 1. The van der Waals surface area contributed by atoms with Gasteiger partial charge in [0, 0.05) is 17.4 Å². The lowest BCUT2D eigenvalue weighted by Gasteiger charge is -2.10. The van der Waals surface area contributed by atoms with Crippen LogP contribution >= 0.6 is 0 Å². The van der Waals surface area contributed by atoms with Gasteiger partial charge in [0.05, 0.1) is 5.69 Å². The Labute approximate surface area is 101 Å². The van der Waals surface area contributed by atoms with Gasteiger partial charge in [0.2, 0.25) is 0 Å². The zero-order chi connectivity index (χ0) is 13.2. The topological polar surface area (TPSA) is 48.1 Å². The summed E-state index contributed by atoms with van der Waals surface area (Å²) in [6, 6.07) is 8.75. The Bertz CT molecular complexity index is 555. The van der Waals surface area contributed by atoms with Crippen LogP contribution in [0.2, 0.25) is 0 Å². The molecule has 1 heterocycles. The molecular formula is C12H9F3N2O. The third-order valence-electron chi connectivity index (χ3n) is 2.15. The molecule has 2 rings (SSSR count). The summed E-state index contributed by atoms with van der Waals surface area (Å²) in [4.78, 5) is 4.03. The van der Waals surface area contributed by atoms with Gasteiger partial charge >= 0.3 is 6.36 Å². The molecule has 0 radical (unpaired) electrons. The Morgan fingerprint density at radius 1 is 1.11 bits per heavy atom.